The summed E-state index contributed by atoms with van der Waals surface area (Å²) in [6.07, 6.45) is 4.12. The van der Waals surface area contributed by atoms with Crippen LogP contribution < -0.4 is 4.57 Å². The Morgan fingerprint density at radius 2 is 1.62 bits per heavy atom. The van der Waals surface area contributed by atoms with Gasteiger partial charge in [0.1, 0.15) is 17.9 Å². The first-order chi connectivity index (χ1) is 5.73. The molecule has 1 aromatic heterocycles. The van der Waals surface area contributed by atoms with Crippen molar-refractivity contribution in [3.8, 4) is 0 Å². The minimum atomic E-state index is 0.155. The molecule has 0 fully saturated rings. The quantitative estimate of drug-likeness (QED) is 0.593. The zero-order chi connectivity index (χ0) is 10.3. The maximum absolute atomic E-state index is 3.32. The van der Waals surface area contributed by atoms with Gasteiger partial charge in [-0.3, -0.25) is 0 Å². The largest absolute Gasteiger partial charge is 0.260 e. The van der Waals surface area contributed by atoms with Gasteiger partial charge in [0.2, 0.25) is 0 Å². The normalized spacial score (nSPS) is 13.4. The lowest BCUT2D eigenvalue weighted by Crippen LogP contribution is -2.54. The standard InChI is InChI=1S/C11H20N2/c1-10(2,3)9-12-7-8-13(9)11(4,5)6/h7-8H,1-6H3/p+1. The monoisotopic (exact) mass is 181 g/mol. The summed E-state index contributed by atoms with van der Waals surface area (Å²) in [5.74, 6) is 1.28. The van der Waals surface area contributed by atoms with Crippen LogP contribution in [0.15, 0.2) is 12.4 Å². The highest BCUT2D eigenvalue weighted by Crippen LogP contribution is 2.18. The molecule has 0 aliphatic heterocycles. The number of hydrogen-bond acceptors (Lipinski definition) is 0. The van der Waals surface area contributed by atoms with Crippen molar-refractivity contribution < 1.29 is 4.57 Å². The fraction of sp³-hybridized carbons (Fsp3) is 0.727. The van der Waals surface area contributed by atoms with Gasteiger partial charge in [0.05, 0.1) is 5.41 Å². The summed E-state index contributed by atoms with van der Waals surface area (Å²) in [7, 11) is 0. The van der Waals surface area contributed by atoms with Crippen LogP contribution in [0.2, 0.25) is 0 Å². The number of hydrogen-bond donors (Lipinski definition) is 1. The fourth-order valence-corrected chi connectivity index (χ4v) is 1.47. The van der Waals surface area contributed by atoms with Gasteiger partial charge in [-0.15, -0.1) is 0 Å². The maximum Gasteiger partial charge on any atom is 0.260 e. The molecule has 2 nitrogen and oxygen atoms in total. The molecule has 0 aromatic carbocycles. The second kappa shape index (κ2) is 2.86. The summed E-state index contributed by atoms with van der Waals surface area (Å²) in [6, 6.07) is 0. The van der Waals surface area contributed by atoms with Crippen LogP contribution >= 0.6 is 0 Å². The predicted octanol–water partition coefficient (Wildman–Crippen LogP) is 2.35. The summed E-state index contributed by atoms with van der Waals surface area (Å²) >= 11 is 0. The molecular weight excluding hydrogens is 160 g/mol. The van der Waals surface area contributed by atoms with Crippen molar-refractivity contribution in [2.24, 2.45) is 0 Å². The van der Waals surface area contributed by atoms with Crippen LogP contribution in [-0.4, -0.2) is 4.98 Å². The highest BCUT2D eigenvalue weighted by molar-refractivity contribution is 4.95. The molecule has 0 atom stereocenters. The third-order valence-electron chi connectivity index (χ3n) is 2.12. The van der Waals surface area contributed by atoms with Crippen LogP contribution in [0.1, 0.15) is 47.4 Å². The van der Waals surface area contributed by atoms with E-state index < -0.39 is 0 Å². The molecule has 1 N–H and O–H groups in total. The Bertz CT molecular complexity index is 255. The number of rotatable bonds is 0. The van der Waals surface area contributed by atoms with E-state index in [9.17, 15) is 0 Å². The van der Waals surface area contributed by atoms with Gasteiger partial charge in [0, 0.05) is 0 Å². The van der Waals surface area contributed by atoms with Crippen LogP contribution in [0, 0.1) is 0 Å². The molecule has 0 bridgehead atoms. The first-order valence-electron chi connectivity index (χ1n) is 4.83. The van der Waals surface area contributed by atoms with Gasteiger partial charge in [-0.1, -0.05) is 0 Å². The second-order valence-corrected chi connectivity index (χ2v) is 5.60. The molecule has 0 aliphatic rings. The van der Waals surface area contributed by atoms with Gasteiger partial charge < -0.3 is 0 Å². The van der Waals surface area contributed by atoms with E-state index in [-0.39, 0.29) is 11.0 Å². The molecular formula is C11H21N2+. The van der Waals surface area contributed by atoms with E-state index in [2.05, 4.69) is 57.3 Å². The van der Waals surface area contributed by atoms with E-state index in [1.807, 2.05) is 6.20 Å². The zero-order valence-corrected chi connectivity index (χ0v) is 9.60. The molecule has 74 valence electrons. The summed E-state index contributed by atoms with van der Waals surface area (Å²) < 4.78 is 2.30. The third kappa shape index (κ3) is 2.11. The van der Waals surface area contributed by atoms with Crippen LogP contribution in [0.25, 0.3) is 0 Å². The highest BCUT2D eigenvalue weighted by atomic mass is 15.1. The summed E-state index contributed by atoms with van der Waals surface area (Å²) in [6.45, 7) is 13.3. The van der Waals surface area contributed by atoms with Crippen LogP contribution in [0.5, 0.6) is 0 Å². The zero-order valence-electron chi connectivity index (χ0n) is 9.60. The fourth-order valence-electron chi connectivity index (χ4n) is 1.47. The van der Waals surface area contributed by atoms with Crippen LogP contribution in [0.4, 0.5) is 0 Å². The summed E-state index contributed by atoms with van der Waals surface area (Å²) in [5, 5.41) is 0. The smallest absolute Gasteiger partial charge is 0.247 e. The Balaban J connectivity index is 3.19. The topological polar surface area (TPSA) is 19.7 Å². The minimum absolute atomic E-state index is 0.155. The molecule has 0 saturated heterocycles. The number of aromatic amines is 1. The third-order valence-corrected chi connectivity index (χ3v) is 2.12. The lowest BCUT2D eigenvalue weighted by atomic mass is 9.94. The van der Waals surface area contributed by atoms with Crippen molar-refractivity contribution in [3.05, 3.63) is 18.2 Å². The predicted molar refractivity (Wildman–Crippen MR) is 54.7 cm³/mol. The molecule has 0 radical (unpaired) electrons. The summed E-state index contributed by atoms with van der Waals surface area (Å²) in [4.78, 5) is 3.32. The Morgan fingerprint density at radius 3 is 1.92 bits per heavy atom. The van der Waals surface area contributed by atoms with Gasteiger partial charge in [-0.05, 0) is 41.5 Å². The molecule has 2 heteroatoms. The Morgan fingerprint density at radius 1 is 1.08 bits per heavy atom. The Hall–Kier alpha value is -0.790. The van der Waals surface area contributed by atoms with Gasteiger partial charge in [-0.25, -0.2) is 9.55 Å². The van der Waals surface area contributed by atoms with Crippen molar-refractivity contribution in [2.45, 2.75) is 52.5 Å². The Kier molecular flexibility index (Phi) is 2.27. The van der Waals surface area contributed by atoms with Crippen LogP contribution in [0.3, 0.4) is 0 Å². The number of nitrogens with zero attached hydrogens (tertiary/aromatic N) is 1. The lowest BCUT2D eigenvalue weighted by Gasteiger charge is -2.22. The van der Waals surface area contributed by atoms with Gasteiger partial charge in [-0.2, -0.15) is 0 Å². The Labute approximate surface area is 81.0 Å². The van der Waals surface area contributed by atoms with Crippen molar-refractivity contribution in [2.75, 3.05) is 0 Å². The highest BCUT2D eigenvalue weighted by Gasteiger charge is 2.31. The second-order valence-electron chi connectivity index (χ2n) is 5.60. The molecule has 0 unspecified atom stereocenters. The molecule has 1 rings (SSSR count). The van der Waals surface area contributed by atoms with E-state index in [0.717, 1.165) is 0 Å². The molecule has 0 spiro atoms. The first kappa shape index (κ1) is 10.3. The van der Waals surface area contributed by atoms with Crippen molar-refractivity contribution >= 4 is 0 Å². The van der Waals surface area contributed by atoms with Gasteiger partial charge in [0.25, 0.3) is 5.82 Å². The SMILES string of the molecule is CC(C)(C)c1[nH]cc[n+]1C(C)(C)C. The van der Waals surface area contributed by atoms with E-state index in [0.29, 0.717) is 0 Å². The number of aromatic nitrogens is 2. The van der Waals surface area contributed by atoms with Gasteiger partial charge >= 0.3 is 0 Å². The van der Waals surface area contributed by atoms with Crippen molar-refractivity contribution in [3.63, 3.8) is 0 Å². The first-order valence-corrected chi connectivity index (χ1v) is 4.83. The van der Waals surface area contributed by atoms with Crippen molar-refractivity contribution in [1.29, 1.82) is 0 Å². The molecule has 0 aliphatic carbocycles. The maximum atomic E-state index is 3.32. The van der Waals surface area contributed by atoms with Crippen molar-refractivity contribution in [1.82, 2.24) is 4.98 Å². The lowest BCUT2D eigenvalue weighted by molar-refractivity contribution is -0.761. The number of H-pyrrole nitrogens is 1. The van der Waals surface area contributed by atoms with E-state index in [1.165, 1.54) is 5.82 Å². The van der Waals surface area contributed by atoms with E-state index >= 15 is 0 Å². The van der Waals surface area contributed by atoms with Crippen LogP contribution in [-0.2, 0) is 11.0 Å². The molecule has 0 amide bonds. The number of nitrogens with one attached hydrogen (secondary N) is 1. The summed E-state index contributed by atoms with van der Waals surface area (Å²) in [5.41, 5.74) is 0.333. The number of imidazole rings is 1. The molecule has 13 heavy (non-hydrogen) atoms. The minimum Gasteiger partial charge on any atom is -0.247 e. The van der Waals surface area contributed by atoms with E-state index in [4.69, 9.17) is 0 Å². The molecule has 0 saturated carbocycles. The average Bonchev–Trinajstić information content (AvgIpc) is 2.27. The average molecular weight is 181 g/mol. The van der Waals surface area contributed by atoms with E-state index in [1.54, 1.807) is 0 Å². The van der Waals surface area contributed by atoms with Gasteiger partial charge in [0.15, 0.2) is 0 Å². The molecule has 1 heterocycles. The molecule has 1 aromatic rings.